The Morgan fingerprint density at radius 3 is 2.42 bits per heavy atom. The predicted octanol–water partition coefficient (Wildman–Crippen LogP) is 4.64. The van der Waals surface area contributed by atoms with Crippen LogP contribution in [0, 0.1) is 5.82 Å². The van der Waals surface area contributed by atoms with Gasteiger partial charge in [0.15, 0.2) is 0 Å². The number of halogens is 1. The maximum atomic E-state index is 13.9. The Morgan fingerprint density at radius 1 is 1.13 bits per heavy atom. The Balaban J connectivity index is 1.69. The molecule has 1 fully saturated rings. The molecule has 8 heteroatoms. The Labute approximate surface area is 180 Å². The topological polar surface area (TPSA) is 69.5 Å². The number of hydrogen-bond acceptors (Lipinski definition) is 6. The van der Waals surface area contributed by atoms with Crippen LogP contribution in [0.4, 0.5) is 15.1 Å². The average molecular weight is 426 g/mol. The number of methoxy groups -OCH3 is 1. The van der Waals surface area contributed by atoms with E-state index < -0.39 is 17.5 Å². The summed E-state index contributed by atoms with van der Waals surface area (Å²) < 4.78 is 26.3. The molecule has 0 saturated carbocycles. The molecule has 164 valence electrons. The monoisotopic (exact) mass is 426 g/mol. The summed E-state index contributed by atoms with van der Waals surface area (Å²) in [4.78, 5) is 24.1. The number of rotatable bonds is 3. The summed E-state index contributed by atoms with van der Waals surface area (Å²) in [6.45, 7) is 7.04. The van der Waals surface area contributed by atoms with E-state index in [2.05, 4.69) is 14.9 Å². The molecule has 0 unspecified atom stereocenters. The molecule has 0 radical (unpaired) electrons. The zero-order chi connectivity index (χ0) is 22.2. The van der Waals surface area contributed by atoms with E-state index in [0.717, 1.165) is 31.3 Å². The first-order valence-electron chi connectivity index (χ1n) is 10.4. The number of anilines is 1. The van der Waals surface area contributed by atoms with Crippen LogP contribution in [-0.2, 0) is 9.47 Å². The van der Waals surface area contributed by atoms with Gasteiger partial charge in [-0.3, -0.25) is 0 Å². The van der Waals surface area contributed by atoms with Gasteiger partial charge in [0.1, 0.15) is 11.4 Å². The minimum atomic E-state index is -0.688. The minimum Gasteiger partial charge on any atom is -0.443 e. The van der Waals surface area contributed by atoms with Crippen molar-refractivity contribution in [2.45, 2.75) is 45.3 Å². The van der Waals surface area contributed by atoms with Crippen LogP contribution in [0.1, 0.15) is 33.6 Å². The molecule has 0 amide bonds. The molecule has 1 saturated heterocycles. The number of benzene rings is 1. The number of nitrogens with zero attached hydrogens (tertiary/aromatic N) is 4. The summed E-state index contributed by atoms with van der Waals surface area (Å²) in [6, 6.07) is 6.16. The molecule has 0 atom stereocenters. The Bertz CT molecular complexity index is 1080. The molecule has 1 aliphatic heterocycles. The highest BCUT2D eigenvalue weighted by atomic mass is 19.1. The van der Waals surface area contributed by atoms with Gasteiger partial charge in [-0.25, -0.2) is 23.7 Å². The molecule has 0 aliphatic carbocycles. The maximum Gasteiger partial charge on any atom is 0.419 e. The van der Waals surface area contributed by atoms with Crippen LogP contribution >= 0.6 is 0 Å². The molecule has 31 heavy (non-hydrogen) atoms. The van der Waals surface area contributed by atoms with Crippen molar-refractivity contribution in [3.8, 4) is 11.3 Å². The van der Waals surface area contributed by atoms with Gasteiger partial charge >= 0.3 is 6.09 Å². The molecule has 4 rings (SSSR count). The van der Waals surface area contributed by atoms with Crippen molar-refractivity contribution >= 4 is 22.9 Å². The molecule has 0 bridgehead atoms. The van der Waals surface area contributed by atoms with Crippen molar-refractivity contribution in [3.05, 3.63) is 42.5 Å². The maximum absolute atomic E-state index is 13.9. The second kappa shape index (κ2) is 8.26. The van der Waals surface area contributed by atoms with E-state index in [-0.39, 0.29) is 6.10 Å². The largest absolute Gasteiger partial charge is 0.443 e. The van der Waals surface area contributed by atoms with E-state index in [0.29, 0.717) is 22.7 Å². The lowest BCUT2D eigenvalue weighted by molar-refractivity contribution is 0.0547. The first-order valence-corrected chi connectivity index (χ1v) is 10.4. The normalized spacial score (nSPS) is 15.5. The fraction of sp³-hybridized carbons (Fsp3) is 0.435. The SMILES string of the molecule is COC1CCN(c2ncc(-c3cc4ccc(F)cc4n3C(=O)OC(C)(C)C)cn2)CC1. The van der Waals surface area contributed by atoms with Gasteiger partial charge in [0.25, 0.3) is 0 Å². The summed E-state index contributed by atoms with van der Waals surface area (Å²) in [5, 5.41) is 0.730. The van der Waals surface area contributed by atoms with Gasteiger partial charge in [-0.1, -0.05) is 0 Å². The van der Waals surface area contributed by atoms with Crippen LogP contribution in [0.2, 0.25) is 0 Å². The van der Waals surface area contributed by atoms with Gasteiger partial charge in [-0.2, -0.15) is 0 Å². The van der Waals surface area contributed by atoms with Gasteiger partial charge in [-0.05, 0) is 57.9 Å². The second-order valence-corrected chi connectivity index (χ2v) is 8.74. The lowest BCUT2D eigenvalue weighted by atomic mass is 10.1. The van der Waals surface area contributed by atoms with Crippen molar-refractivity contribution in [3.63, 3.8) is 0 Å². The molecule has 0 N–H and O–H groups in total. The zero-order valence-electron chi connectivity index (χ0n) is 18.3. The lowest BCUT2D eigenvalue weighted by Gasteiger charge is -2.31. The van der Waals surface area contributed by atoms with Crippen molar-refractivity contribution in [2.75, 3.05) is 25.1 Å². The highest BCUT2D eigenvalue weighted by Crippen LogP contribution is 2.30. The standard InChI is InChI=1S/C23H27FN4O3/c1-23(2,3)31-22(29)28-19(11-15-5-6-17(24)12-20(15)28)16-13-25-21(26-14-16)27-9-7-18(30-4)8-10-27/h5-6,11-14,18H,7-10H2,1-4H3. The van der Waals surface area contributed by atoms with E-state index in [1.165, 1.54) is 16.7 Å². The van der Waals surface area contributed by atoms with E-state index in [4.69, 9.17) is 9.47 Å². The van der Waals surface area contributed by atoms with Gasteiger partial charge in [-0.15, -0.1) is 0 Å². The number of hydrogen-bond donors (Lipinski definition) is 0. The Kier molecular flexibility index (Phi) is 5.66. The van der Waals surface area contributed by atoms with Crippen LogP contribution in [0.5, 0.6) is 0 Å². The molecule has 2 aromatic heterocycles. The molecule has 1 aliphatic rings. The average Bonchev–Trinajstić information content (AvgIpc) is 3.11. The van der Waals surface area contributed by atoms with Gasteiger partial charge in [0.05, 0.1) is 17.3 Å². The molecular formula is C23H27FN4O3. The number of carbonyl (C=O) groups is 1. The number of fused-ring (bicyclic) bond motifs is 1. The molecule has 0 spiro atoms. The molecular weight excluding hydrogens is 399 g/mol. The zero-order valence-corrected chi connectivity index (χ0v) is 18.3. The summed E-state index contributed by atoms with van der Waals surface area (Å²) in [6.07, 6.45) is 4.95. The number of ether oxygens (including phenoxy) is 2. The lowest BCUT2D eigenvalue weighted by Crippen LogP contribution is -2.37. The molecule has 3 heterocycles. The van der Waals surface area contributed by atoms with Crippen molar-refractivity contribution in [1.82, 2.24) is 14.5 Å². The van der Waals surface area contributed by atoms with Crippen molar-refractivity contribution in [2.24, 2.45) is 0 Å². The summed E-state index contributed by atoms with van der Waals surface area (Å²) >= 11 is 0. The van der Waals surface area contributed by atoms with Gasteiger partial charge in [0.2, 0.25) is 5.95 Å². The van der Waals surface area contributed by atoms with Gasteiger partial charge in [0, 0.05) is 43.5 Å². The van der Waals surface area contributed by atoms with E-state index in [9.17, 15) is 9.18 Å². The summed E-state index contributed by atoms with van der Waals surface area (Å²) in [5.41, 5.74) is 0.958. The van der Waals surface area contributed by atoms with Crippen LogP contribution < -0.4 is 4.90 Å². The Morgan fingerprint density at radius 2 is 1.81 bits per heavy atom. The van der Waals surface area contributed by atoms with Crippen LogP contribution in [0.3, 0.4) is 0 Å². The number of carbonyl (C=O) groups excluding carboxylic acids is 1. The fourth-order valence-corrected chi connectivity index (χ4v) is 3.80. The summed E-state index contributed by atoms with van der Waals surface area (Å²) in [7, 11) is 1.74. The first-order chi connectivity index (χ1) is 14.7. The van der Waals surface area contributed by atoms with Crippen molar-refractivity contribution in [1.29, 1.82) is 0 Å². The van der Waals surface area contributed by atoms with Crippen LogP contribution in [0.15, 0.2) is 36.7 Å². The van der Waals surface area contributed by atoms with E-state index in [1.54, 1.807) is 46.3 Å². The van der Waals surface area contributed by atoms with Crippen LogP contribution in [0.25, 0.3) is 22.2 Å². The highest BCUT2D eigenvalue weighted by Gasteiger charge is 2.24. The molecule has 1 aromatic carbocycles. The first kappa shape index (κ1) is 21.2. The highest BCUT2D eigenvalue weighted by molar-refractivity contribution is 5.96. The smallest absolute Gasteiger partial charge is 0.419 e. The molecule has 3 aromatic rings. The number of piperidine rings is 1. The third-order valence-corrected chi connectivity index (χ3v) is 5.33. The fourth-order valence-electron chi connectivity index (χ4n) is 3.80. The van der Waals surface area contributed by atoms with Gasteiger partial charge < -0.3 is 14.4 Å². The van der Waals surface area contributed by atoms with E-state index in [1.807, 2.05) is 6.07 Å². The van der Waals surface area contributed by atoms with E-state index >= 15 is 0 Å². The molecule has 7 nitrogen and oxygen atoms in total. The predicted molar refractivity (Wildman–Crippen MR) is 117 cm³/mol. The quantitative estimate of drug-likeness (QED) is 0.608. The second-order valence-electron chi connectivity index (χ2n) is 8.74. The summed E-state index contributed by atoms with van der Waals surface area (Å²) in [5.74, 6) is 0.220. The van der Waals surface area contributed by atoms with Crippen LogP contribution in [-0.4, -0.2) is 52.5 Å². The third kappa shape index (κ3) is 4.54. The Hall–Kier alpha value is -3.00. The van der Waals surface area contributed by atoms with Crippen molar-refractivity contribution < 1.29 is 18.7 Å². The minimum absolute atomic E-state index is 0.278. The third-order valence-electron chi connectivity index (χ3n) is 5.33. The number of aromatic nitrogens is 3.